The lowest BCUT2D eigenvalue weighted by Gasteiger charge is -2.19. The summed E-state index contributed by atoms with van der Waals surface area (Å²) in [5.41, 5.74) is 0.141. The zero-order valence-corrected chi connectivity index (χ0v) is 13.3. The van der Waals surface area contributed by atoms with Crippen LogP contribution in [0.5, 0.6) is 11.5 Å². The molecule has 0 unspecified atom stereocenters. The van der Waals surface area contributed by atoms with E-state index in [1.165, 1.54) is 26.2 Å². The Labute approximate surface area is 129 Å². The van der Waals surface area contributed by atoms with Crippen LogP contribution >= 0.6 is 0 Å². The maximum atomic E-state index is 11.7. The van der Waals surface area contributed by atoms with Crippen LogP contribution in [0.2, 0.25) is 0 Å². The van der Waals surface area contributed by atoms with E-state index in [9.17, 15) is 9.59 Å². The van der Waals surface area contributed by atoms with Gasteiger partial charge in [-0.2, -0.15) is 0 Å². The molecule has 0 aromatic heterocycles. The number of methoxy groups -OCH3 is 1. The van der Waals surface area contributed by atoms with Crippen LogP contribution < -0.4 is 9.47 Å². The molecule has 0 saturated carbocycles. The van der Waals surface area contributed by atoms with Gasteiger partial charge in [-0.15, -0.1) is 0 Å². The van der Waals surface area contributed by atoms with E-state index in [1.54, 1.807) is 32.9 Å². The number of carboxylic acid groups (broad SMARTS) is 1. The number of ether oxygens (including phenoxy) is 3. The SMILES string of the molecule is COc1cc(/C=C(\C)C(=O)O)ccc1OC(=O)OC(C)(C)C. The third-order valence-corrected chi connectivity index (χ3v) is 2.49. The Morgan fingerprint density at radius 1 is 1.18 bits per heavy atom. The minimum atomic E-state index is -1.01. The second kappa shape index (κ2) is 6.98. The third-order valence-electron chi connectivity index (χ3n) is 2.49. The molecule has 0 amide bonds. The van der Waals surface area contributed by atoms with Gasteiger partial charge in [-0.1, -0.05) is 6.07 Å². The fourth-order valence-corrected chi connectivity index (χ4v) is 1.53. The normalized spacial score (nSPS) is 11.8. The molecule has 0 saturated heterocycles. The van der Waals surface area contributed by atoms with E-state index in [0.29, 0.717) is 11.3 Å². The number of benzene rings is 1. The van der Waals surface area contributed by atoms with E-state index in [4.69, 9.17) is 19.3 Å². The predicted molar refractivity (Wildman–Crippen MR) is 81.1 cm³/mol. The van der Waals surface area contributed by atoms with Crippen molar-refractivity contribution >= 4 is 18.2 Å². The second-order valence-corrected chi connectivity index (χ2v) is 5.61. The van der Waals surface area contributed by atoms with Crippen molar-refractivity contribution in [2.24, 2.45) is 0 Å². The molecule has 0 spiro atoms. The molecule has 1 aromatic rings. The smallest absolute Gasteiger partial charge is 0.493 e. The number of hydrogen-bond donors (Lipinski definition) is 1. The lowest BCUT2D eigenvalue weighted by atomic mass is 10.1. The van der Waals surface area contributed by atoms with Crippen molar-refractivity contribution in [3.05, 3.63) is 29.3 Å². The van der Waals surface area contributed by atoms with Crippen LogP contribution in [-0.4, -0.2) is 29.9 Å². The molecule has 1 rings (SSSR count). The standard InChI is InChI=1S/C16H20O6/c1-10(14(17)18)8-11-6-7-12(13(9-11)20-5)21-15(19)22-16(2,3)4/h6-9H,1-5H3,(H,17,18)/b10-8+. The molecule has 0 radical (unpaired) electrons. The lowest BCUT2D eigenvalue weighted by Crippen LogP contribution is -2.26. The molecular formula is C16H20O6. The van der Waals surface area contributed by atoms with Gasteiger partial charge in [0.15, 0.2) is 11.5 Å². The summed E-state index contributed by atoms with van der Waals surface area (Å²) >= 11 is 0. The Morgan fingerprint density at radius 2 is 1.82 bits per heavy atom. The highest BCUT2D eigenvalue weighted by Gasteiger charge is 2.19. The van der Waals surface area contributed by atoms with Gasteiger partial charge in [0.2, 0.25) is 0 Å². The van der Waals surface area contributed by atoms with E-state index in [1.807, 2.05) is 0 Å². The third kappa shape index (κ3) is 5.47. The highest BCUT2D eigenvalue weighted by Crippen LogP contribution is 2.29. The molecule has 0 aliphatic heterocycles. The van der Waals surface area contributed by atoms with E-state index < -0.39 is 17.7 Å². The number of rotatable bonds is 4. The molecule has 1 aromatic carbocycles. The average molecular weight is 308 g/mol. The molecule has 6 nitrogen and oxygen atoms in total. The molecule has 0 aliphatic carbocycles. The van der Waals surface area contributed by atoms with Gasteiger partial charge in [0.25, 0.3) is 0 Å². The van der Waals surface area contributed by atoms with Crippen LogP contribution in [0.25, 0.3) is 6.08 Å². The number of carbonyl (C=O) groups excluding carboxylic acids is 1. The molecule has 0 bridgehead atoms. The first-order chi connectivity index (χ1) is 10.1. The summed E-state index contributed by atoms with van der Waals surface area (Å²) in [5.74, 6) is -0.507. The van der Waals surface area contributed by atoms with E-state index in [2.05, 4.69) is 0 Å². The second-order valence-electron chi connectivity index (χ2n) is 5.61. The van der Waals surface area contributed by atoms with Crippen molar-refractivity contribution < 1.29 is 28.9 Å². The molecule has 0 atom stereocenters. The average Bonchev–Trinajstić information content (AvgIpc) is 2.38. The van der Waals surface area contributed by atoms with Crippen molar-refractivity contribution in [2.75, 3.05) is 7.11 Å². The first-order valence-electron chi connectivity index (χ1n) is 6.63. The first kappa shape index (κ1) is 17.6. The van der Waals surface area contributed by atoms with Crippen LogP contribution in [0.3, 0.4) is 0 Å². The number of aliphatic carboxylic acids is 1. The van der Waals surface area contributed by atoms with Crippen LogP contribution in [0, 0.1) is 0 Å². The molecule has 22 heavy (non-hydrogen) atoms. The van der Waals surface area contributed by atoms with Crippen molar-refractivity contribution in [2.45, 2.75) is 33.3 Å². The first-order valence-corrected chi connectivity index (χ1v) is 6.63. The fraction of sp³-hybridized carbons (Fsp3) is 0.375. The summed E-state index contributed by atoms with van der Waals surface area (Å²) in [4.78, 5) is 22.5. The predicted octanol–water partition coefficient (Wildman–Crippen LogP) is 3.50. The maximum Gasteiger partial charge on any atom is 0.514 e. The zero-order valence-electron chi connectivity index (χ0n) is 13.3. The Hall–Kier alpha value is -2.50. The summed E-state index contributed by atoms with van der Waals surface area (Å²) in [6, 6.07) is 4.71. The van der Waals surface area contributed by atoms with Crippen LogP contribution in [0.1, 0.15) is 33.3 Å². The van der Waals surface area contributed by atoms with Gasteiger partial charge in [-0.25, -0.2) is 9.59 Å². The Morgan fingerprint density at radius 3 is 2.32 bits per heavy atom. The fourth-order valence-electron chi connectivity index (χ4n) is 1.53. The Bertz CT molecular complexity index is 595. The van der Waals surface area contributed by atoms with Crippen molar-refractivity contribution in [3.8, 4) is 11.5 Å². The molecule has 6 heteroatoms. The summed E-state index contributed by atoms with van der Waals surface area (Å²) < 4.78 is 15.3. The van der Waals surface area contributed by atoms with E-state index in [0.717, 1.165) is 0 Å². The van der Waals surface area contributed by atoms with Crippen molar-refractivity contribution in [1.82, 2.24) is 0 Å². The van der Waals surface area contributed by atoms with Crippen LogP contribution in [0.4, 0.5) is 4.79 Å². The lowest BCUT2D eigenvalue weighted by molar-refractivity contribution is -0.132. The zero-order chi connectivity index (χ0) is 16.9. The topological polar surface area (TPSA) is 82.1 Å². The quantitative estimate of drug-likeness (QED) is 0.521. The monoisotopic (exact) mass is 308 g/mol. The summed E-state index contributed by atoms with van der Waals surface area (Å²) in [6.07, 6.45) is 0.651. The van der Waals surface area contributed by atoms with Crippen molar-refractivity contribution in [1.29, 1.82) is 0 Å². The molecule has 0 aliphatic rings. The summed E-state index contributed by atoms with van der Waals surface area (Å²) in [5, 5.41) is 8.87. The highest BCUT2D eigenvalue weighted by molar-refractivity contribution is 5.91. The molecule has 0 fully saturated rings. The van der Waals surface area contributed by atoms with Gasteiger partial charge in [-0.3, -0.25) is 0 Å². The van der Waals surface area contributed by atoms with Crippen LogP contribution in [0.15, 0.2) is 23.8 Å². The van der Waals surface area contributed by atoms with Gasteiger partial charge in [0.1, 0.15) is 5.60 Å². The number of carbonyl (C=O) groups is 2. The van der Waals surface area contributed by atoms with Gasteiger partial charge >= 0.3 is 12.1 Å². The van der Waals surface area contributed by atoms with Gasteiger partial charge in [0.05, 0.1) is 7.11 Å². The van der Waals surface area contributed by atoms with Gasteiger partial charge in [-0.05, 0) is 51.5 Å². The molecular weight excluding hydrogens is 288 g/mol. The minimum absolute atomic E-state index is 0.183. The molecule has 0 heterocycles. The largest absolute Gasteiger partial charge is 0.514 e. The Kier molecular flexibility index (Phi) is 5.56. The van der Waals surface area contributed by atoms with Gasteiger partial charge in [0, 0.05) is 5.57 Å². The van der Waals surface area contributed by atoms with E-state index >= 15 is 0 Å². The summed E-state index contributed by atoms with van der Waals surface area (Å²) in [6.45, 7) is 6.68. The minimum Gasteiger partial charge on any atom is -0.493 e. The van der Waals surface area contributed by atoms with Gasteiger partial charge < -0.3 is 19.3 Å². The van der Waals surface area contributed by atoms with Crippen LogP contribution in [-0.2, 0) is 9.53 Å². The summed E-state index contributed by atoms with van der Waals surface area (Å²) in [7, 11) is 1.43. The van der Waals surface area contributed by atoms with Crippen molar-refractivity contribution in [3.63, 3.8) is 0 Å². The highest BCUT2D eigenvalue weighted by atomic mass is 16.7. The number of carboxylic acids is 1. The van der Waals surface area contributed by atoms with E-state index in [-0.39, 0.29) is 11.3 Å². The molecule has 120 valence electrons. The Balaban J connectivity index is 2.97. The molecule has 1 N–H and O–H groups in total. The number of hydrogen-bond acceptors (Lipinski definition) is 5. The maximum absolute atomic E-state index is 11.7.